The molecule has 1 aromatic rings. The molecule has 0 aromatic carbocycles. The summed E-state index contributed by atoms with van der Waals surface area (Å²) >= 11 is 0. The van der Waals surface area contributed by atoms with Crippen LogP contribution in [0.25, 0.3) is 0 Å². The molecule has 0 unspecified atom stereocenters. The van der Waals surface area contributed by atoms with Gasteiger partial charge in [0, 0.05) is 25.9 Å². The highest BCUT2D eigenvalue weighted by atomic mass is 16.5. The number of nitrogens with one attached hydrogen (secondary N) is 1. The van der Waals surface area contributed by atoms with E-state index in [9.17, 15) is 0 Å². The molecular formula is C10H15N3O. The smallest absolute Gasteiger partial charge is 0.148 e. The number of rotatable bonds is 3. The van der Waals surface area contributed by atoms with Gasteiger partial charge in [-0.05, 0) is 12.0 Å². The van der Waals surface area contributed by atoms with Crippen molar-refractivity contribution < 1.29 is 4.74 Å². The molecule has 2 rings (SSSR count). The second kappa shape index (κ2) is 4.28. The summed E-state index contributed by atoms with van der Waals surface area (Å²) in [7, 11) is 1.91. The fourth-order valence-electron chi connectivity index (χ4n) is 1.45. The van der Waals surface area contributed by atoms with Crippen LogP contribution in [-0.2, 0) is 11.8 Å². The van der Waals surface area contributed by atoms with Gasteiger partial charge in [-0.2, -0.15) is 5.10 Å². The molecule has 0 atom stereocenters. The summed E-state index contributed by atoms with van der Waals surface area (Å²) in [6, 6.07) is 1.96. The second-order valence-electron chi connectivity index (χ2n) is 3.43. The quantitative estimate of drug-likeness (QED) is 0.733. The third-order valence-corrected chi connectivity index (χ3v) is 2.19. The number of ether oxygens (including phenoxy) is 1. The Hall–Kier alpha value is -1.29. The van der Waals surface area contributed by atoms with Crippen LogP contribution in [0.4, 0.5) is 5.82 Å². The fourth-order valence-corrected chi connectivity index (χ4v) is 1.45. The van der Waals surface area contributed by atoms with Crippen LogP contribution in [-0.4, -0.2) is 29.5 Å². The average Bonchev–Trinajstić information content (AvgIpc) is 2.63. The van der Waals surface area contributed by atoms with E-state index in [1.807, 2.05) is 19.3 Å². The number of aryl methyl sites for hydroxylation is 1. The Morgan fingerprint density at radius 1 is 1.64 bits per heavy atom. The lowest BCUT2D eigenvalue weighted by Crippen LogP contribution is -2.14. The number of anilines is 1. The molecule has 0 saturated carbocycles. The Labute approximate surface area is 83.6 Å². The molecule has 4 heteroatoms. The highest BCUT2D eigenvalue weighted by Crippen LogP contribution is 2.07. The number of hydrogen-bond acceptors (Lipinski definition) is 3. The zero-order valence-corrected chi connectivity index (χ0v) is 8.36. The molecule has 14 heavy (non-hydrogen) atoms. The maximum absolute atomic E-state index is 5.34. The van der Waals surface area contributed by atoms with Gasteiger partial charge < -0.3 is 10.1 Å². The summed E-state index contributed by atoms with van der Waals surface area (Å²) in [6.07, 6.45) is 5.19. The molecule has 4 nitrogen and oxygen atoms in total. The van der Waals surface area contributed by atoms with Gasteiger partial charge in [-0.3, -0.25) is 4.68 Å². The van der Waals surface area contributed by atoms with Crippen molar-refractivity contribution in [2.24, 2.45) is 7.05 Å². The molecule has 0 amide bonds. The highest BCUT2D eigenvalue weighted by molar-refractivity contribution is 5.34. The maximum Gasteiger partial charge on any atom is 0.148 e. The van der Waals surface area contributed by atoms with E-state index < -0.39 is 0 Å². The Bertz CT molecular complexity index is 330. The second-order valence-corrected chi connectivity index (χ2v) is 3.43. The van der Waals surface area contributed by atoms with Crippen molar-refractivity contribution in [1.82, 2.24) is 9.78 Å². The minimum atomic E-state index is 0.750. The summed E-state index contributed by atoms with van der Waals surface area (Å²) < 4.78 is 7.13. The van der Waals surface area contributed by atoms with E-state index in [-0.39, 0.29) is 0 Å². The molecule has 1 aliphatic heterocycles. The van der Waals surface area contributed by atoms with Crippen molar-refractivity contribution in [2.75, 3.05) is 25.1 Å². The van der Waals surface area contributed by atoms with Crippen LogP contribution in [0.5, 0.6) is 0 Å². The van der Waals surface area contributed by atoms with Gasteiger partial charge in [0.1, 0.15) is 5.82 Å². The Morgan fingerprint density at radius 2 is 2.57 bits per heavy atom. The summed E-state index contributed by atoms with van der Waals surface area (Å²) in [5.41, 5.74) is 1.31. The minimum Gasteiger partial charge on any atom is -0.377 e. The average molecular weight is 193 g/mol. The van der Waals surface area contributed by atoms with Crippen molar-refractivity contribution in [1.29, 1.82) is 0 Å². The predicted octanol–water partition coefficient (Wildman–Crippen LogP) is 1.18. The monoisotopic (exact) mass is 193 g/mol. The van der Waals surface area contributed by atoms with Gasteiger partial charge >= 0.3 is 0 Å². The SMILES string of the molecule is Cn1ccc(NCC2=CCCOC2)n1. The third kappa shape index (κ3) is 2.35. The lowest BCUT2D eigenvalue weighted by molar-refractivity contribution is 0.150. The van der Waals surface area contributed by atoms with Crippen molar-refractivity contribution >= 4 is 5.82 Å². The van der Waals surface area contributed by atoms with Crippen molar-refractivity contribution in [3.8, 4) is 0 Å². The normalized spacial score (nSPS) is 16.5. The Kier molecular flexibility index (Phi) is 2.84. The standard InChI is InChI=1S/C10H15N3O/c1-13-5-4-10(12-13)11-7-9-3-2-6-14-8-9/h3-5H,2,6-8H2,1H3,(H,11,12). The highest BCUT2D eigenvalue weighted by Gasteiger charge is 2.03. The lowest BCUT2D eigenvalue weighted by Gasteiger charge is -2.13. The van der Waals surface area contributed by atoms with Crippen LogP contribution in [0, 0.1) is 0 Å². The van der Waals surface area contributed by atoms with Gasteiger partial charge in [-0.25, -0.2) is 0 Å². The molecule has 1 aliphatic rings. The molecule has 2 heterocycles. The van der Waals surface area contributed by atoms with Gasteiger partial charge in [0.25, 0.3) is 0 Å². The third-order valence-electron chi connectivity index (χ3n) is 2.19. The summed E-state index contributed by atoms with van der Waals surface area (Å²) in [6.45, 7) is 2.43. The van der Waals surface area contributed by atoms with Crippen LogP contribution < -0.4 is 5.32 Å². The Balaban J connectivity index is 1.84. The van der Waals surface area contributed by atoms with Crippen LogP contribution in [0.3, 0.4) is 0 Å². The number of aromatic nitrogens is 2. The molecule has 1 aromatic heterocycles. The molecule has 1 N–H and O–H groups in total. The molecule has 76 valence electrons. The zero-order chi connectivity index (χ0) is 9.80. The minimum absolute atomic E-state index is 0.750. The van der Waals surface area contributed by atoms with Gasteiger partial charge in [-0.15, -0.1) is 0 Å². The summed E-state index contributed by atoms with van der Waals surface area (Å²) in [5, 5.41) is 7.49. The van der Waals surface area contributed by atoms with E-state index >= 15 is 0 Å². The molecule has 0 fully saturated rings. The van der Waals surface area contributed by atoms with E-state index in [0.717, 1.165) is 32.0 Å². The van der Waals surface area contributed by atoms with Gasteiger partial charge in [0.15, 0.2) is 0 Å². The van der Waals surface area contributed by atoms with Gasteiger partial charge in [0.2, 0.25) is 0 Å². The molecule has 0 radical (unpaired) electrons. The zero-order valence-electron chi connectivity index (χ0n) is 8.36. The molecular weight excluding hydrogens is 178 g/mol. The first-order valence-electron chi connectivity index (χ1n) is 4.84. The van der Waals surface area contributed by atoms with Gasteiger partial charge in [-0.1, -0.05) is 6.08 Å². The first kappa shape index (κ1) is 9.27. The van der Waals surface area contributed by atoms with Crippen LogP contribution in [0.2, 0.25) is 0 Å². The molecule has 0 saturated heterocycles. The van der Waals surface area contributed by atoms with Crippen LogP contribution >= 0.6 is 0 Å². The van der Waals surface area contributed by atoms with Crippen molar-refractivity contribution in [2.45, 2.75) is 6.42 Å². The van der Waals surface area contributed by atoms with Crippen molar-refractivity contribution in [3.63, 3.8) is 0 Å². The fraction of sp³-hybridized carbons (Fsp3) is 0.500. The first-order valence-corrected chi connectivity index (χ1v) is 4.84. The van der Waals surface area contributed by atoms with Crippen molar-refractivity contribution in [3.05, 3.63) is 23.9 Å². The lowest BCUT2D eigenvalue weighted by atomic mass is 10.2. The first-order chi connectivity index (χ1) is 6.84. The summed E-state index contributed by atoms with van der Waals surface area (Å²) in [5.74, 6) is 0.916. The molecule has 0 bridgehead atoms. The van der Waals surface area contributed by atoms with Crippen LogP contribution in [0.15, 0.2) is 23.9 Å². The van der Waals surface area contributed by atoms with Crippen LogP contribution in [0.1, 0.15) is 6.42 Å². The van der Waals surface area contributed by atoms with E-state index in [4.69, 9.17) is 4.74 Å². The summed E-state index contributed by atoms with van der Waals surface area (Å²) in [4.78, 5) is 0. The maximum atomic E-state index is 5.34. The van der Waals surface area contributed by atoms with Gasteiger partial charge in [0.05, 0.1) is 13.2 Å². The predicted molar refractivity (Wildman–Crippen MR) is 55.2 cm³/mol. The molecule has 0 aliphatic carbocycles. The molecule has 0 spiro atoms. The van der Waals surface area contributed by atoms with E-state index in [2.05, 4.69) is 16.5 Å². The van der Waals surface area contributed by atoms with E-state index in [0.29, 0.717) is 0 Å². The number of nitrogens with zero attached hydrogens (tertiary/aromatic N) is 2. The largest absolute Gasteiger partial charge is 0.377 e. The topological polar surface area (TPSA) is 39.1 Å². The number of hydrogen-bond donors (Lipinski definition) is 1. The Morgan fingerprint density at radius 3 is 3.21 bits per heavy atom. The van der Waals surface area contributed by atoms with E-state index in [1.165, 1.54) is 5.57 Å². The van der Waals surface area contributed by atoms with E-state index in [1.54, 1.807) is 4.68 Å².